The van der Waals surface area contributed by atoms with Crippen molar-refractivity contribution < 1.29 is 24.5 Å². The Hall–Kier alpha value is -4.28. The van der Waals surface area contributed by atoms with Gasteiger partial charge in [-0.1, -0.05) is 48.5 Å². The Morgan fingerprint density at radius 1 is 0.947 bits per heavy atom. The first kappa shape index (κ1) is 25.4. The number of benzene rings is 2. The number of carboxylic acids is 2. The van der Waals surface area contributed by atoms with E-state index in [1.54, 1.807) is 22.2 Å². The quantitative estimate of drug-likeness (QED) is 0.205. The van der Waals surface area contributed by atoms with E-state index in [1.165, 1.54) is 11.3 Å². The molecule has 0 aliphatic rings. The first-order valence-electron chi connectivity index (χ1n) is 11.7. The molecule has 8 nitrogen and oxygen atoms in total. The van der Waals surface area contributed by atoms with Crippen LogP contribution in [0.25, 0.3) is 21.1 Å². The van der Waals surface area contributed by atoms with Crippen molar-refractivity contribution in [1.82, 2.24) is 14.8 Å². The van der Waals surface area contributed by atoms with E-state index in [9.17, 15) is 19.8 Å². The molecule has 0 amide bonds. The fraction of sp³-hybridized carbons (Fsp3) is 0.143. The van der Waals surface area contributed by atoms with Gasteiger partial charge < -0.3 is 14.9 Å². The van der Waals surface area contributed by atoms with Crippen LogP contribution in [0.1, 0.15) is 16.8 Å². The summed E-state index contributed by atoms with van der Waals surface area (Å²) < 4.78 is 7.63. The summed E-state index contributed by atoms with van der Waals surface area (Å²) >= 11 is 3.05. The monoisotopic (exact) mass is 545 g/mol. The maximum Gasteiger partial charge on any atom is 0.318 e. The lowest BCUT2D eigenvalue weighted by Gasteiger charge is -2.07. The zero-order valence-corrected chi connectivity index (χ0v) is 21.7. The van der Waals surface area contributed by atoms with Gasteiger partial charge in [-0.15, -0.1) is 22.7 Å². The lowest BCUT2D eigenvalue weighted by molar-refractivity contribution is -0.154. The second-order valence-electron chi connectivity index (χ2n) is 8.55. The van der Waals surface area contributed by atoms with Gasteiger partial charge in [0.15, 0.2) is 5.92 Å². The van der Waals surface area contributed by atoms with Crippen LogP contribution >= 0.6 is 22.7 Å². The summed E-state index contributed by atoms with van der Waals surface area (Å²) in [6, 6.07) is 21.4. The highest BCUT2D eigenvalue weighted by Gasteiger charge is 2.28. The predicted octanol–water partition coefficient (Wildman–Crippen LogP) is 5.69. The second-order valence-corrected chi connectivity index (χ2v) is 10.4. The van der Waals surface area contributed by atoms with E-state index in [0.29, 0.717) is 30.2 Å². The van der Waals surface area contributed by atoms with Crippen molar-refractivity contribution in [3.63, 3.8) is 0 Å². The number of aliphatic carboxylic acids is 2. The van der Waals surface area contributed by atoms with Gasteiger partial charge >= 0.3 is 11.9 Å². The summed E-state index contributed by atoms with van der Waals surface area (Å²) in [5.74, 6) is -3.56. The topological polar surface area (TPSA) is 115 Å². The van der Waals surface area contributed by atoms with E-state index >= 15 is 0 Å². The highest BCUT2D eigenvalue weighted by molar-refractivity contribution is 7.13. The highest BCUT2D eigenvalue weighted by Crippen LogP contribution is 2.29. The van der Waals surface area contributed by atoms with Crippen LogP contribution in [0, 0.1) is 5.92 Å². The molecule has 2 N–H and O–H groups in total. The van der Waals surface area contributed by atoms with Crippen molar-refractivity contribution in [2.75, 3.05) is 0 Å². The molecule has 3 heterocycles. The third kappa shape index (κ3) is 5.99. The highest BCUT2D eigenvalue weighted by atomic mass is 32.1. The largest absolute Gasteiger partial charge is 0.487 e. The van der Waals surface area contributed by atoms with E-state index in [4.69, 9.17) is 4.74 Å². The van der Waals surface area contributed by atoms with E-state index in [-0.39, 0.29) is 6.42 Å². The molecule has 5 aromatic rings. The van der Waals surface area contributed by atoms with Crippen LogP contribution < -0.4 is 4.74 Å². The minimum atomic E-state index is -1.54. The molecular weight excluding hydrogens is 522 g/mol. The minimum absolute atomic E-state index is 0.146. The number of hydrogen-bond acceptors (Lipinski definition) is 7. The molecular formula is C28H23N3O5S2. The van der Waals surface area contributed by atoms with Crippen molar-refractivity contribution in [2.45, 2.75) is 19.6 Å². The smallest absolute Gasteiger partial charge is 0.318 e. The van der Waals surface area contributed by atoms with E-state index in [0.717, 1.165) is 26.7 Å². The fourth-order valence-corrected chi connectivity index (χ4v) is 5.49. The zero-order chi connectivity index (χ0) is 26.5. The Morgan fingerprint density at radius 3 is 2.39 bits per heavy atom. The number of ether oxygens (including phenoxy) is 1. The summed E-state index contributed by atoms with van der Waals surface area (Å²) in [6.07, 6.45) is 1.58. The van der Waals surface area contributed by atoms with Crippen molar-refractivity contribution in [3.8, 4) is 26.9 Å². The van der Waals surface area contributed by atoms with E-state index in [1.807, 2.05) is 77.5 Å². The molecule has 0 fully saturated rings. The summed E-state index contributed by atoms with van der Waals surface area (Å²) in [6.45, 7) is 0.805. The lowest BCUT2D eigenvalue weighted by atomic mass is 9.99. The SMILES string of the molecule is O=C(O)C(Cc1cn(Cc2ccc(OCc3csc(-c4ccccc4)n3)cc2)nc1-c1cccs1)C(=O)O. The van der Waals surface area contributed by atoms with Gasteiger partial charge in [-0.25, -0.2) is 4.98 Å². The normalized spacial score (nSPS) is 11.1. The number of rotatable bonds is 11. The van der Waals surface area contributed by atoms with Crippen molar-refractivity contribution in [1.29, 1.82) is 0 Å². The Bertz CT molecular complexity index is 1510. The average molecular weight is 546 g/mol. The number of thiazole rings is 1. The summed E-state index contributed by atoms with van der Waals surface area (Å²) in [7, 11) is 0. The molecule has 5 rings (SSSR count). The molecule has 10 heteroatoms. The predicted molar refractivity (Wildman–Crippen MR) is 145 cm³/mol. The van der Waals surface area contributed by atoms with Gasteiger partial charge in [0.05, 0.1) is 17.1 Å². The molecule has 0 unspecified atom stereocenters. The first-order chi connectivity index (χ1) is 18.5. The van der Waals surface area contributed by atoms with Crippen LogP contribution in [0.2, 0.25) is 0 Å². The maximum atomic E-state index is 11.5. The average Bonchev–Trinajstić information content (AvgIpc) is 3.68. The van der Waals surface area contributed by atoms with Gasteiger partial charge in [0.2, 0.25) is 0 Å². The molecule has 38 heavy (non-hydrogen) atoms. The van der Waals surface area contributed by atoms with Gasteiger partial charge in [-0.3, -0.25) is 14.3 Å². The third-order valence-corrected chi connectivity index (χ3v) is 7.66. The Labute approximate surface area is 226 Å². The molecule has 0 saturated heterocycles. The van der Waals surface area contributed by atoms with Crippen LogP contribution in [0.15, 0.2) is 83.7 Å². The number of hydrogen-bond donors (Lipinski definition) is 2. The van der Waals surface area contributed by atoms with Crippen molar-refractivity contribution in [2.24, 2.45) is 5.92 Å². The Balaban J connectivity index is 1.25. The number of carbonyl (C=O) groups is 2. The van der Waals surface area contributed by atoms with Crippen LogP contribution in [0.4, 0.5) is 0 Å². The van der Waals surface area contributed by atoms with E-state index in [2.05, 4.69) is 10.1 Å². The van der Waals surface area contributed by atoms with Crippen LogP contribution in [-0.4, -0.2) is 36.9 Å². The molecule has 0 aliphatic carbocycles. The molecule has 3 aromatic heterocycles. The summed E-state index contributed by atoms with van der Waals surface area (Å²) in [4.78, 5) is 28.4. The second kappa shape index (κ2) is 11.4. The van der Waals surface area contributed by atoms with Gasteiger partial charge in [0.1, 0.15) is 23.1 Å². The number of aromatic nitrogens is 3. The lowest BCUT2D eigenvalue weighted by Crippen LogP contribution is -2.25. The molecule has 2 aromatic carbocycles. The van der Waals surface area contributed by atoms with Gasteiger partial charge in [0, 0.05) is 29.1 Å². The van der Waals surface area contributed by atoms with E-state index < -0.39 is 17.9 Å². The Morgan fingerprint density at radius 2 is 1.71 bits per heavy atom. The third-order valence-electron chi connectivity index (χ3n) is 5.84. The van der Waals surface area contributed by atoms with Crippen molar-refractivity contribution in [3.05, 3.63) is 101 Å². The number of thiophene rings is 1. The molecule has 192 valence electrons. The summed E-state index contributed by atoms with van der Waals surface area (Å²) in [5, 5.41) is 28.2. The minimum Gasteiger partial charge on any atom is -0.487 e. The van der Waals surface area contributed by atoms with Crippen LogP contribution in [0.5, 0.6) is 5.75 Å². The molecule has 0 radical (unpaired) electrons. The van der Waals surface area contributed by atoms with Gasteiger partial charge in [0.25, 0.3) is 0 Å². The molecule has 0 aliphatic heterocycles. The first-order valence-corrected chi connectivity index (χ1v) is 13.5. The van der Waals surface area contributed by atoms with Crippen LogP contribution in [-0.2, 0) is 29.2 Å². The standard InChI is InChI=1S/C28H23N3O5S2/c32-27(33)23(28(34)35)13-20-15-31(30-25(20)24-7-4-12-37-24)14-18-8-10-22(11-9-18)36-16-21-17-38-26(29-21)19-5-2-1-3-6-19/h1-12,15,17,23H,13-14,16H2,(H,32,33)(H,34,35). The molecule has 0 bridgehead atoms. The number of nitrogens with zero attached hydrogens (tertiary/aromatic N) is 3. The van der Waals surface area contributed by atoms with Crippen LogP contribution in [0.3, 0.4) is 0 Å². The van der Waals surface area contributed by atoms with Crippen molar-refractivity contribution >= 4 is 34.6 Å². The molecule has 0 atom stereocenters. The Kier molecular flexibility index (Phi) is 7.62. The fourth-order valence-electron chi connectivity index (χ4n) is 3.94. The zero-order valence-electron chi connectivity index (χ0n) is 20.1. The molecule has 0 saturated carbocycles. The maximum absolute atomic E-state index is 11.5. The summed E-state index contributed by atoms with van der Waals surface area (Å²) in [5.41, 5.74) is 4.10. The number of carboxylic acid groups (broad SMARTS) is 2. The van der Waals surface area contributed by atoms with Gasteiger partial charge in [-0.05, 0) is 29.1 Å². The van der Waals surface area contributed by atoms with Gasteiger partial charge in [-0.2, -0.15) is 5.10 Å². The molecule has 0 spiro atoms.